The molecule has 1 fully saturated rings. The highest BCUT2D eigenvalue weighted by Crippen LogP contribution is 2.26. The third-order valence-corrected chi connectivity index (χ3v) is 4.92. The van der Waals surface area contributed by atoms with E-state index >= 15 is 0 Å². The van der Waals surface area contributed by atoms with Gasteiger partial charge in [0.25, 0.3) is 5.91 Å². The van der Waals surface area contributed by atoms with Crippen LogP contribution in [0.1, 0.15) is 53.6 Å². The van der Waals surface area contributed by atoms with Gasteiger partial charge < -0.3 is 9.64 Å². The number of hydrogen-bond acceptors (Lipinski definition) is 2. The number of amides is 1. The highest BCUT2D eigenvalue weighted by molar-refractivity contribution is 9.09. The maximum atomic E-state index is 12.9. The molecule has 0 saturated heterocycles. The van der Waals surface area contributed by atoms with E-state index in [2.05, 4.69) is 20.8 Å². The van der Waals surface area contributed by atoms with Crippen LogP contribution in [-0.4, -0.2) is 28.7 Å². The van der Waals surface area contributed by atoms with Gasteiger partial charge in [0.1, 0.15) is 0 Å². The Labute approximate surface area is 134 Å². The first-order valence-corrected chi connectivity index (χ1v) is 8.98. The van der Waals surface area contributed by atoms with E-state index < -0.39 is 0 Å². The number of fused-ring (bicyclic) bond motifs is 1. The smallest absolute Gasteiger partial charge is 0.254 e. The summed E-state index contributed by atoms with van der Waals surface area (Å²) >= 11 is 3.49. The Bertz CT molecular complexity index is 512. The molecule has 21 heavy (non-hydrogen) atoms. The second-order valence-electron chi connectivity index (χ2n) is 5.96. The number of carbonyl (C=O) groups excluding carboxylic acids is 1. The van der Waals surface area contributed by atoms with Gasteiger partial charge >= 0.3 is 0 Å². The highest BCUT2D eigenvalue weighted by Gasteiger charge is 2.26. The maximum Gasteiger partial charge on any atom is 0.254 e. The Morgan fingerprint density at radius 1 is 1.19 bits per heavy atom. The predicted molar refractivity (Wildman–Crippen MR) is 86.6 cm³/mol. The second kappa shape index (κ2) is 6.93. The Hall–Kier alpha value is -0.870. The summed E-state index contributed by atoms with van der Waals surface area (Å²) in [4.78, 5) is 15.0. The van der Waals surface area contributed by atoms with Gasteiger partial charge in [-0.05, 0) is 36.1 Å². The lowest BCUT2D eigenvalue weighted by molar-refractivity contribution is 0.0651. The Morgan fingerprint density at radius 3 is 2.71 bits per heavy atom. The van der Waals surface area contributed by atoms with Gasteiger partial charge in [0.15, 0.2) is 0 Å². The van der Waals surface area contributed by atoms with Crippen LogP contribution in [0.5, 0.6) is 0 Å². The van der Waals surface area contributed by atoms with Gasteiger partial charge in [0, 0.05) is 23.5 Å². The fourth-order valence-corrected chi connectivity index (χ4v) is 3.79. The van der Waals surface area contributed by atoms with E-state index in [9.17, 15) is 4.79 Å². The maximum absolute atomic E-state index is 12.9. The van der Waals surface area contributed by atoms with Crippen molar-refractivity contribution in [2.24, 2.45) is 0 Å². The number of hydrogen-bond donors (Lipinski definition) is 0. The number of alkyl halides is 1. The average molecular weight is 352 g/mol. The molecule has 1 heterocycles. The molecule has 1 amide bonds. The van der Waals surface area contributed by atoms with Gasteiger partial charge in [0.2, 0.25) is 0 Å². The summed E-state index contributed by atoms with van der Waals surface area (Å²) in [5.41, 5.74) is 3.20. The van der Waals surface area contributed by atoms with Crippen LogP contribution >= 0.6 is 15.9 Å². The third-order valence-electron chi connectivity index (χ3n) is 4.57. The minimum Gasteiger partial charge on any atom is -0.372 e. The van der Waals surface area contributed by atoms with E-state index in [0.29, 0.717) is 19.3 Å². The van der Waals surface area contributed by atoms with Crippen molar-refractivity contribution in [3.63, 3.8) is 0 Å². The molecular formula is C17H22BrNO2. The summed E-state index contributed by atoms with van der Waals surface area (Å²) < 4.78 is 5.44. The van der Waals surface area contributed by atoms with Crippen LogP contribution in [0.25, 0.3) is 0 Å². The second-order valence-corrected chi connectivity index (χ2v) is 6.75. The molecule has 1 aliphatic carbocycles. The van der Waals surface area contributed by atoms with Crippen molar-refractivity contribution < 1.29 is 9.53 Å². The largest absolute Gasteiger partial charge is 0.372 e. The molecule has 114 valence electrons. The van der Waals surface area contributed by atoms with E-state index in [-0.39, 0.29) is 5.91 Å². The van der Waals surface area contributed by atoms with Crippen molar-refractivity contribution in [3.8, 4) is 0 Å². The molecule has 1 aliphatic heterocycles. The lowest BCUT2D eigenvalue weighted by Crippen LogP contribution is -2.42. The van der Waals surface area contributed by atoms with Crippen LogP contribution < -0.4 is 0 Å². The molecule has 0 atom stereocenters. The van der Waals surface area contributed by atoms with Crippen LogP contribution in [0.15, 0.2) is 18.2 Å². The van der Waals surface area contributed by atoms with Gasteiger partial charge in [-0.3, -0.25) is 4.79 Å². The molecule has 0 N–H and O–H groups in total. The molecule has 1 aromatic carbocycles. The third kappa shape index (κ3) is 3.32. The first kappa shape index (κ1) is 15.0. The summed E-state index contributed by atoms with van der Waals surface area (Å²) in [5.74, 6) is 0.177. The molecule has 0 aromatic heterocycles. The first-order valence-electron chi connectivity index (χ1n) is 7.86. The molecule has 0 unspecified atom stereocenters. The van der Waals surface area contributed by atoms with Gasteiger partial charge in [-0.25, -0.2) is 0 Å². The quantitative estimate of drug-likeness (QED) is 0.770. The molecule has 3 nitrogen and oxygen atoms in total. The van der Waals surface area contributed by atoms with Crippen LogP contribution in [0.4, 0.5) is 0 Å². The summed E-state index contributed by atoms with van der Waals surface area (Å²) in [6.07, 6.45) is 6.09. The monoisotopic (exact) mass is 351 g/mol. The molecule has 1 aromatic rings. The van der Waals surface area contributed by atoms with E-state index in [1.165, 1.54) is 30.4 Å². The van der Waals surface area contributed by atoms with Gasteiger partial charge in [-0.15, -0.1) is 0 Å². The van der Waals surface area contributed by atoms with E-state index in [1.54, 1.807) is 0 Å². The molecule has 3 rings (SSSR count). The van der Waals surface area contributed by atoms with Crippen LogP contribution in [0.3, 0.4) is 0 Å². The fourth-order valence-electron chi connectivity index (χ4n) is 3.40. The zero-order valence-electron chi connectivity index (χ0n) is 12.3. The fraction of sp³-hybridized carbons (Fsp3) is 0.588. The van der Waals surface area contributed by atoms with Crippen molar-refractivity contribution in [1.29, 1.82) is 0 Å². The molecule has 0 spiro atoms. The summed E-state index contributed by atoms with van der Waals surface area (Å²) in [5, 5.41) is 0.837. The molecule has 0 radical (unpaired) electrons. The van der Waals surface area contributed by atoms with Crippen molar-refractivity contribution in [1.82, 2.24) is 4.90 Å². The zero-order valence-corrected chi connectivity index (χ0v) is 13.9. The topological polar surface area (TPSA) is 29.5 Å². The Morgan fingerprint density at radius 2 is 1.95 bits per heavy atom. The Balaban J connectivity index is 1.79. The van der Waals surface area contributed by atoms with Gasteiger partial charge in [-0.2, -0.15) is 0 Å². The van der Waals surface area contributed by atoms with Crippen molar-refractivity contribution in [2.45, 2.75) is 51.4 Å². The zero-order chi connectivity index (χ0) is 14.7. The summed E-state index contributed by atoms with van der Waals surface area (Å²) in [6.45, 7) is 2.10. The first-order chi connectivity index (χ1) is 10.3. The number of rotatable bonds is 4. The number of carbonyl (C=O) groups is 1. The van der Waals surface area contributed by atoms with Crippen molar-refractivity contribution in [2.75, 3.05) is 11.9 Å². The van der Waals surface area contributed by atoms with Crippen LogP contribution in [-0.2, 0) is 18.0 Å². The van der Waals surface area contributed by atoms with Crippen molar-refractivity contribution in [3.05, 3.63) is 34.9 Å². The van der Waals surface area contributed by atoms with Gasteiger partial charge in [-0.1, -0.05) is 41.3 Å². The Kier molecular flexibility index (Phi) is 4.96. The average Bonchev–Trinajstić information content (AvgIpc) is 3.00. The molecular weight excluding hydrogens is 330 g/mol. The highest BCUT2D eigenvalue weighted by atomic mass is 79.9. The molecule has 4 heteroatoms. The number of halogens is 1. The normalized spacial score (nSPS) is 18.5. The number of nitrogens with zero attached hydrogens (tertiary/aromatic N) is 1. The van der Waals surface area contributed by atoms with Crippen molar-refractivity contribution >= 4 is 21.8 Å². The lowest BCUT2D eigenvalue weighted by atomic mass is 9.93. The molecule has 1 saturated carbocycles. The number of ether oxygens (including phenoxy) is 1. The van der Waals surface area contributed by atoms with E-state index in [4.69, 9.17) is 4.74 Å². The van der Waals surface area contributed by atoms with E-state index in [0.717, 1.165) is 30.3 Å². The van der Waals surface area contributed by atoms with Gasteiger partial charge in [0.05, 0.1) is 13.2 Å². The predicted octanol–water partition coefficient (Wildman–Crippen LogP) is 3.89. The van der Waals surface area contributed by atoms with Crippen LogP contribution in [0.2, 0.25) is 0 Å². The van der Waals surface area contributed by atoms with E-state index in [1.807, 2.05) is 18.2 Å². The SMILES string of the molecule is O=C(c1ccc2c(c1)COC2)N(CCBr)C1CCCCC1. The summed E-state index contributed by atoms with van der Waals surface area (Å²) in [7, 11) is 0. The number of benzene rings is 1. The minimum atomic E-state index is 0.177. The standard InChI is InChI=1S/C17H22BrNO2/c18-8-9-19(16-4-2-1-3-5-16)17(20)13-6-7-14-11-21-12-15(14)10-13/h6-7,10,16H,1-5,8-9,11-12H2. The summed E-state index contributed by atoms with van der Waals surface area (Å²) in [6, 6.07) is 6.44. The minimum absolute atomic E-state index is 0.177. The molecule has 2 aliphatic rings. The lowest BCUT2D eigenvalue weighted by Gasteiger charge is -2.34. The molecule has 0 bridgehead atoms. The van der Waals surface area contributed by atoms with Crippen LogP contribution in [0, 0.1) is 0 Å².